The number of ether oxygens (including phenoxy) is 1. The molecule has 22 heavy (non-hydrogen) atoms. The van der Waals surface area contributed by atoms with Crippen LogP contribution in [0.25, 0.3) is 11.3 Å². The van der Waals surface area contributed by atoms with Crippen molar-refractivity contribution in [1.29, 1.82) is 0 Å². The van der Waals surface area contributed by atoms with Gasteiger partial charge in [0.25, 0.3) is 5.56 Å². The van der Waals surface area contributed by atoms with Gasteiger partial charge in [-0.15, -0.1) is 0 Å². The van der Waals surface area contributed by atoms with Crippen LogP contribution in [0.5, 0.6) is 0 Å². The SMILES string of the molecule is COCCNC(=O)Cn1nc(-c2ccc(Cl)cc2)ccc1=O. The third-order valence-electron chi connectivity index (χ3n) is 2.93. The average Bonchev–Trinajstić information content (AvgIpc) is 2.51. The van der Waals surface area contributed by atoms with Gasteiger partial charge >= 0.3 is 0 Å². The van der Waals surface area contributed by atoms with Crippen molar-refractivity contribution >= 4 is 17.5 Å². The van der Waals surface area contributed by atoms with E-state index in [4.69, 9.17) is 16.3 Å². The van der Waals surface area contributed by atoms with Crippen LogP contribution in [-0.4, -0.2) is 35.9 Å². The van der Waals surface area contributed by atoms with Gasteiger partial charge in [0.1, 0.15) is 6.54 Å². The van der Waals surface area contributed by atoms with Gasteiger partial charge in [-0.1, -0.05) is 23.7 Å². The molecule has 0 fully saturated rings. The molecule has 6 nitrogen and oxygen atoms in total. The largest absolute Gasteiger partial charge is 0.383 e. The fourth-order valence-electron chi connectivity index (χ4n) is 1.82. The number of aromatic nitrogens is 2. The number of benzene rings is 1. The molecule has 7 heteroatoms. The van der Waals surface area contributed by atoms with E-state index in [1.807, 2.05) is 0 Å². The molecule has 1 heterocycles. The van der Waals surface area contributed by atoms with Gasteiger partial charge < -0.3 is 10.1 Å². The molecule has 0 radical (unpaired) electrons. The molecule has 1 amide bonds. The summed E-state index contributed by atoms with van der Waals surface area (Å²) in [5.41, 5.74) is 1.08. The van der Waals surface area contributed by atoms with Crippen LogP contribution in [0.3, 0.4) is 0 Å². The molecule has 0 bridgehead atoms. The van der Waals surface area contributed by atoms with Crippen LogP contribution in [0.4, 0.5) is 0 Å². The first-order valence-electron chi connectivity index (χ1n) is 6.70. The predicted octanol–water partition coefficient (Wildman–Crippen LogP) is 1.33. The average molecular weight is 322 g/mol. The van der Waals surface area contributed by atoms with E-state index >= 15 is 0 Å². The van der Waals surface area contributed by atoms with Crippen molar-refractivity contribution in [1.82, 2.24) is 15.1 Å². The number of carbonyl (C=O) groups is 1. The van der Waals surface area contributed by atoms with Crippen LogP contribution < -0.4 is 10.9 Å². The van der Waals surface area contributed by atoms with Crippen LogP contribution in [0.2, 0.25) is 5.02 Å². The topological polar surface area (TPSA) is 73.2 Å². The lowest BCUT2D eigenvalue weighted by molar-refractivity contribution is -0.122. The Morgan fingerprint density at radius 3 is 2.68 bits per heavy atom. The monoisotopic (exact) mass is 321 g/mol. The summed E-state index contributed by atoms with van der Waals surface area (Å²) in [6.45, 7) is 0.670. The summed E-state index contributed by atoms with van der Waals surface area (Å²) >= 11 is 5.85. The van der Waals surface area contributed by atoms with E-state index in [-0.39, 0.29) is 18.0 Å². The molecular formula is C15H16ClN3O3. The second-order valence-corrected chi connectivity index (χ2v) is 5.00. The molecule has 1 aromatic heterocycles. The number of amides is 1. The maximum Gasteiger partial charge on any atom is 0.267 e. The zero-order valence-corrected chi connectivity index (χ0v) is 12.8. The van der Waals surface area contributed by atoms with Gasteiger partial charge in [0.2, 0.25) is 5.91 Å². The normalized spacial score (nSPS) is 10.5. The smallest absolute Gasteiger partial charge is 0.267 e. The Bertz CT molecular complexity index is 698. The van der Waals surface area contributed by atoms with Crippen molar-refractivity contribution in [3.63, 3.8) is 0 Å². The minimum absolute atomic E-state index is 0.135. The first-order chi connectivity index (χ1) is 10.6. The van der Waals surface area contributed by atoms with Gasteiger partial charge in [0, 0.05) is 30.3 Å². The van der Waals surface area contributed by atoms with E-state index in [9.17, 15) is 9.59 Å². The summed E-state index contributed by atoms with van der Waals surface area (Å²) in [6, 6.07) is 10.1. The van der Waals surface area contributed by atoms with E-state index in [0.717, 1.165) is 10.2 Å². The van der Waals surface area contributed by atoms with Crippen molar-refractivity contribution in [2.24, 2.45) is 0 Å². The van der Waals surface area contributed by atoms with Crippen molar-refractivity contribution in [3.05, 3.63) is 51.8 Å². The molecule has 0 saturated heterocycles. The highest BCUT2D eigenvalue weighted by Crippen LogP contribution is 2.18. The van der Waals surface area contributed by atoms with Gasteiger partial charge in [-0.2, -0.15) is 5.10 Å². The van der Waals surface area contributed by atoms with Crippen molar-refractivity contribution in [2.45, 2.75) is 6.54 Å². The molecule has 0 aliphatic carbocycles. The molecular weight excluding hydrogens is 306 g/mol. The van der Waals surface area contributed by atoms with Crippen molar-refractivity contribution < 1.29 is 9.53 Å². The third kappa shape index (κ3) is 4.41. The second-order valence-electron chi connectivity index (χ2n) is 4.56. The lowest BCUT2D eigenvalue weighted by Gasteiger charge is -2.08. The molecule has 0 aliphatic rings. The summed E-state index contributed by atoms with van der Waals surface area (Å²) < 4.78 is 5.97. The molecule has 0 unspecified atom stereocenters. The Morgan fingerprint density at radius 1 is 1.27 bits per heavy atom. The molecule has 1 aromatic carbocycles. The fraction of sp³-hybridized carbons (Fsp3) is 0.267. The van der Waals surface area contributed by atoms with Gasteiger partial charge in [-0.05, 0) is 18.2 Å². The second kappa shape index (κ2) is 7.72. The van der Waals surface area contributed by atoms with Crippen molar-refractivity contribution in [2.75, 3.05) is 20.3 Å². The molecule has 1 N–H and O–H groups in total. The Labute approximate surface area is 132 Å². The highest BCUT2D eigenvalue weighted by atomic mass is 35.5. The number of hydrogen-bond acceptors (Lipinski definition) is 4. The Kier molecular flexibility index (Phi) is 5.68. The van der Waals surface area contributed by atoms with Crippen LogP contribution in [-0.2, 0) is 16.1 Å². The molecule has 0 saturated carbocycles. The number of carbonyl (C=O) groups excluding carboxylic acids is 1. The molecule has 2 aromatic rings. The van der Waals surface area contributed by atoms with Gasteiger partial charge in [0.15, 0.2) is 0 Å². The number of rotatable bonds is 6. The standard InChI is InChI=1S/C15H16ClN3O3/c1-22-9-8-17-14(20)10-19-15(21)7-6-13(18-19)11-2-4-12(16)5-3-11/h2-7H,8-10H2,1H3,(H,17,20). The quantitative estimate of drug-likeness (QED) is 0.815. The fourth-order valence-corrected chi connectivity index (χ4v) is 1.95. The first kappa shape index (κ1) is 16.2. The number of methoxy groups -OCH3 is 1. The minimum atomic E-state index is -0.334. The lowest BCUT2D eigenvalue weighted by Crippen LogP contribution is -2.35. The van der Waals surface area contributed by atoms with Crippen molar-refractivity contribution in [3.8, 4) is 11.3 Å². The lowest BCUT2D eigenvalue weighted by atomic mass is 10.1. The van der Waals surface area contributed by atoms with Gasteiger partial charge in [-0.25, -0.2) is 4.68 Å². The predicted molar refractivity (Wildman–Crippen MR) is 83.8 cm³/mol. The van der Waals surface area contributed by atoms with E-state index in [2.05, 4.69) is 10.4 Å². The number of nitrogens with one attached hydrogen (secondary N) is 1. The summed E-state index contributed by atoms with van der Waals surface area (Å²) in [6.07, 6.45) is 0. The zero-order valence-electron chi connectivity index (χ0n) is 12.1. The number of halogens is 1. The molecule has 0 aliphatic heterocycles. The summed E-state index contributed by atoms with van der Waals surface area (Å²) in [5, 5.41) is 7.47. The van der Waals surface area contributed by atoms with Crippen LogP contribution >= 0.6 is 11.6 Å². The molecule has 0 atom stereocenters. The van der Waals surface area contributed by atoms with E-state index in [1.165, 1.54) is 6.07 Å². The van der Waals surface area contributed by atoms with Gasteiger partial charge in [-0.3, -0.25) is 9.59 Å². The highest BCUT2D eigenvalue weighted by molar-refractivity contribution is 6.30. The number of hydrogen-bond donors (Lipinski definition) is 1. The highest BCUT2D eigenvalue weighted by Gasteiger charge is 2.07. The Balaban J connectivity index is 2.15. The Hall–Kier alpha value is -2.18. The maximum atomic E-state index is 11.8. The number of nitrogens with zero attached hydrogens (tertiary/aromatic N) is 2. The Morgan fingerprint density at radius 2 is 2.00 bits per heavy atom. The molecule has 0 spiro atoms. The van der Waals surface area contributed by atoms with E-state index in [1.54, 1.807) is 37.4 Å². The van der Waals surface area contributed by atoms with Crippen LogP contribution in [0.1, 0.15) is 0 Å². The molecule has 2 rings (SSSR count). The zero-order chi connectivity index (χ0) is 15.9. The summed E-state index contributed by atoms with van der Waals surface area (Å²) in [4.78, 5) is 23.5. The summed E-state index contributed by atoms with van der Waals surface area (Å²) in [5.74, 6) is -0.292. The van der Waals surface area contributed by atoms with E-state index < -0.39 is 0 Å². The maximum absolute atomic E-state index is 11.8. The minimum Gasteiger partial charge on any atom is -0.383 e. The third-order valence-corrected chi connectivity index (χ3v) is 3.18. The van der Waals surface area contributed by atoms with Gasteiger partial charge in [0.05, 0.1) is 12.3 Å². The van der Waals surface area contributed by atoms with Crippen LogP contribution in [0, 0.1) is 0 Å². The summed E-state index contributed by atoms with van der Waals surface area (Å²) in [7, 11) is 1.55. The first-order valence-corrected chi connectivity index (χ1v) is 7.07. The molecule has 116 valence electrons. The van der Waals surface area contributed by atoms with Crippen LogP contribution in [0.15, 0.2) is 41.2 Å². The van der Waals surface area contributed by atoms with E-state index in [0.29, 0.717) is 23.9 Å².